The lowest BCUT2D eigenvalue weighted by Crippen LogP contribution is -2.25. The van der Waals surface area contributed by atoms with Crippen molar-refractivity contribution in [2.75, 3.05) is 13.7 Å². The van der Waals surface area contributed by atoms with Crippen molar-refractivity contribution in [1.82, 2.24) is 0 Å². The topological polar surface area (TPSA) is 52.6 Å². The van der Waals surface area contributed by atoms with Gasteiger partial charge in [-0.1, -0.05) is 13.8 Å². The standard InChI is InChI=1S/C10H18O4/c1-5-14-9(11)6-8(7(2)3)10(12)13-4/h7-8H,5-6H2,1-4H3. The van der Waals surface area contributed by atoms with Gasteiger partial charge in [0.2, 0.25) is 0 Å². The highest BCUT2D eigenvalue weighted by molar-refractivity contribution is 5.80. The van der Waals surface area contributed by atoms with Gasteiger partial charge in [-0.25, -0.2) is 0 Å². The predicted molar refractivity (Wildman–Crippen MR) is 51.6 cm³/mol. The number of hydrogen-bond donors (Lipinski definition) is 0. The van der Waals surface area contributed by atoms with Crippen LogP contribution >= 0.6 is 0 Å². The Morgan fingerprint density at radius 2 is 1.86 bits per heavy atom. The Balaban J connectivity index is 4.23. The quantitative estimate of drug-likeness (QED) is 0.632. The van der Waals surface area contributed by atoms with Crippen LogP contribution < -0.4 is 0 Å². The Morgan fingerprint density at radius 3 is 2.21 bits per heavy atom. The second-order valence-electron chi connectivity index (χ2n) is 3.38. The number of esters is 2. The van der Waals surface area contributed by atoms with Crippen LogP contribution in [0, 0.1) is 11.8 Å². The molecular weight excluding hydrogens is 184 g/mol. The molecular formula is C10H18O4. The Morgan fingerprint density at radius 1 is 1.29 bits per heavy atom. The first kappa shape index (κ1) is 12.9. The van der Waals surface area contributed by atoms with E-state index < -0.39 is 5.92 Å². The molecule has 0 aromatic carbocycles. The van der Waals surface area contributed by atoms with E-state index >= 15 is 0 Å². The molecule has 4 heteroatoms. The zero-order valence-electron chi connectivity index (χ0n) is 9.20. The molecule has 4 nitrogen and oxygen atoms in total. The Kier molecular flexibility index (Phi) is 5.92. The van der Waals surface area contributed by atoms with Crippen LogP contribution in [0.1, 0.15) is 27.2 Å². The second kappa shape index (κ2) is 6.40. The van der Waals surface area contributed by atoms with E-state index in [1.165, 1.54) is 7.11 Å². The van der Waals surface area contributed by atoms with Gasteiger partial charge in [0, 0.05) is 0 Å². The molecule has 14 heavy (non-hydrogen) atoms. The highest BCUT2D eigenvalue weighted by atomic mass is 16.5. The molecule has 0 amide bonds. The van der Waals surface area contributed by atoms with Crippen molar-refractivity contribution in [2.24, 2.45) is 11.8 Å². The maximum absolute atomic E-state index is 11.3. The van der Waals surface area contributed by atoms with E-state index in [0.29, 0.717) is 6.61 Å². The van der Waals surface area contributed by atoms with Crippen LogP contribution in [-0.4, -0.2) is 25.7 Å². The van der Waals surface area contributed by atoms with Crippen molar-refractivity contribution < 1.29 is 19.1 Å². The molecule has 82 valence electrons. The molecule has 1 atom stereocenters. The van der Waals surface area contributed by atoms with E-state index in [0.717, 1.165) is 0 Å². The minimum atomic E-state index is -0.404. The summed E-state index contributed by atoms with van der Waals surface area (Å²) in [7, 11) is 1.32. The van der Waals surface area contributed by atoms with Crippen LogP contribution in [0.2, 0.25) is 0 Å². The molecule has 0 aromatic heterocycles. The lowest BCUT2D eigenvalue weighted by Gasteiger charge is -2.16. The van der Waals surface area contributed by atoms with E-state index in [2.05, 4.69) is 4.74 Å². The second-order valence-corrected chi connectivity index (χ2v) is 3.38. The van der Waals surface area contributed by atoms with E-state index in [-0.39, 0.29) is 24.3 Å². The van der Waals surface area contributed by atoms with Crippen LogP contribution in [0.15, 0.2) is 0 Å². The number of ether oxygens (including phenoxy) is 2. The zero-order chi connectivity index (χ0) is 11.1. The molecule has 0 spiro atoms. The van der Waals surface area contributed by atoms with Gasteiger partial charge in [-0.15, -0.1) is 0 Å². The summed E-state index contributed by atoms with van der Waals surface area (Å²) < 4.78 is 9.38. The SMILES string of the molecule is CCOC(=O)CC(C(=O)OC)C(C)C. The first-order valence-electron chi connectivity index (χ1n) is 4.76. The molecule has 0 bridgehead atoms. The van der Waals surface area contributed by atoms with Crippen LogP contribution in [0.5, 0.6) is 0 Å². The van der Waals surface area contributed by atoms with Crippen molar-refractivity contribution in [3.8, 4) is 0 Å². The van der Waals surface area contributed by atoms with E-state index in [1.807, 2.05) is 13.8 Å². The molecule has 0 aliphatic heterocycles. The van der Waals surface area contributed by atoms with Gasteiger partial charge in [-0.3, -0.25) is 9.59 Å². The third kappa shape index (κ3) is 4.25. The normalized spacial score (nSPS) is 12.4. The number of rotatable bonds is 5. The Labute approximate surface area is 84.6 Å². The van der Waals surface area contributed by atoms with Crippen molar-refractivity contribution in [3.05, 3.63) is 0 Å². The molecule has 0 saturated carbocycles. The number of carbonyl (C=O) groups excluding carboxylic acids is 2. The minimum absolute atomic E-state index is 0.0758. The van der Waals surface area contributed by atoms with Crippen molar-refractivity contribution in [3.63, 3.8) is 0 Å². The number of methoxy groups -OCH3 is 1. The molecule has 1 unspecified atom stereocenters. The summed E-state index contributed by atoms with van der Waals surface area (Å²) in [5, 5.41) is 0. The van der Waals surface area contributed by atoms with Gasteiger partial charge in [0.1, 0.15) is 0 Å². The molecule has 0 aliphatic carbocycles. The van der Waals surface area contributed by atoms with Gasteiger partial charge in [0.05, 0.1) is 26.1 Å². The molecule has 0 heterocycles. The fourth-order valence-corrected chi connectivity index (χ4v) is 1.14. The van der Waals surface area contributed by atoms with E-state index in [4.69, 9.17) is 4.74 Å². The number of hydrogen-bond acceptors (Lipinski definition) is 4. The average Bonchev–Trinajstić information content (AvgIpc) is 2.13. The lowest BCUT2D eigenvalue weighted by molar-refractivity contribution is -0.154. The maximum Gasteiger partial charge on any atom is 0.309 e. The fourth-order valence-electron chi connectivity index (χ4n) is 1.14. The first-order chi connectivity index (χ1) is 6.52. The molecule has 0 fully saturated rings. The Bertz CT molecular complexity index is 198. The predicted octanol–water partition coefficient (Wildman–Crippen LogP) is 1.38. The minimum Gasteiger partial charge on any atom is -0.469 e. The molecule has 0 saturated heterocycles. The number of carbonyl (C=O) groups is 2. The summed E-state index contributed by atoms with van der Waals surface area (Å²) in [4.78, 5) is 22.4. The third-order valence-corrected chi connectivity index (χ3v) is 2.00. The largest absolute Gasteiger partial charge is 0.469 e. The Hall–Kier alpha value is -1.06. The van der Waals surface area contributed by atoms with Crippen LogP contribution in [0.25, 0.3) is 0 Å². The highest BCUT2D eigenvalue weighted by Gasteiger charge is 2.26. The lowest BCUT2D eigenvalue weighted by atomic mass is 9.93. The van der Waals surface area contributed by atoms with Crippen molar-refractivity contribution in [1.29, 1.82) is 0 Å². The third-order valence-electron chi connectivity index (χ3n) is 2.00. The van der Waals surface area contributed by atoms with Crippen molar-refractivity contribution in [2.45, 2.75) is 27.2 Å². The van der Waals surface area contributed by atoms with Gasteiger partial charge in [-0.05, 0) is 12.8 Å². The summed E-state index contributed by atoms with van der Waals surface area (Å²) >= 11 is 0. The van der Waals surface area contributed by atoms with Gasteiger partial charge in [-0.2, -0.15) is 0 Å². The van der Waals surface area contributed by atoms with Crippen molar-refractivity contribution >= 4 is 11.9 Å². The molecule has 0 rings (SSSR count). The zero-order valence-corrected chi connectivity index (χ0v) is 9.20. The van der Waals surface area contributed by atoms with Gasteiger partial charge < -0.3 is 9.47 Å². The monoisotopic (exact) mass is 202 g/mol. The maximum atomic E-state index is 11.3. The molecule has 0 aliphatic rings. The van der Waals surface area contributed by atoms with Gasteiger partial charge in [0.15, 0.2) is 0 Å². The smallest absolute Gasteiger partial charge is 0.309 e. The molecule has 0 N–H and O–H groups in total. The summed E-state index contributed by atoms with van der Waals surface area (Å²) in [6.45, 7) is 5.83. The van der Waals surface area contributed by atoms with Crippen LogP contribution in [-0.2, 0) is 19.1 Å². The average molecular weight is 202 g/mol. The molecule has 0 aromatic rings. The molecule has 0 radical (unpaired) electrons. The van der Waals surface area contributed by atoms with Crippen LogP contribution in [0.3, 0.4) is 0 Å². The fraction of sp³-hybridized carbons (Fsp3) is 0.800. The van der Waals surface area contributed by atoms with Gasteiger partial charge in [0.25, 0.3) is 0 Å². The summed E-state index contributed by atoms with van der Waals surface area (Å²) in [5.74, 6) is -1.03. The summed E-state index contributed by atoms with van der Waals surface area (Å²) in [6, 6.07) is 0. The van der Waals surface area contributed by atoms with E-state index in [9.17, 15) is 9.59 Å². The van der Waals surface area contributed by atoms with Gasteiger partial charge >= 0.3 is 11.9 Å². The van der Waals surface area contributed by atoms with E-state index in [1.54, 1.807) is 6.92 Å². The van der Waals surface area contributed by atoms with Crippen LogP contribution in [0.4, 0.5) is 0 Å². The first-order valence-corrected chi connectivity index (χ1v) is 4.76. The summed E-state index contributed by atoms with van der Waals surface area (Å²) in [6.07, 6.45) is 0.0954. The summed E-state index contributed by atoms with van der Waals surface area (Å²) in [5.41, 5.74) is 0. The highest BCUT2D eigenvalue weighted by Crippen LogP contribution is 2.17.